The normalized spacial score (nSPS) is 17.8. The molecule has 0 heterocycles. The van der Waals surface area contributed by atoms with Crippen molar-refractivity contribution in [3.63, 3.8) is 0 Å². The van der Waals surface area contributed by atoms with E-state index < -0.39 is 5.97 Å². The van der Waals surface area contributed by atoms with Crippen LogP contribution in [0.4, 0.5) is 3.89 Å². The summed E-state index contributed by atoms with van der Waals surface area (Å²) in [6, 6.07) is 8.15. The van der Waals surface area contributed by atoms with E-state index in [2.05, 4.69) is 16.3 Å². The fraction of sp³-hybridized carbons (Fsp3) is 0.533. The highest BCUT2D eigenvalue weighted by molar-refractivity contribution is 7.89. The van der Waals surface area contributed by atoms with Crippen LogP contribution in [0.2, 0.25) is 0 Å². The summed E-state index contributed by atoms with van der Waals surface area (Å²) in [6.45, 7) is 2.63. The van der Waals surface area contributed by atoms with Gasteiger partial charge in [0.1, 0.15) is 5.75 Å². The number of hydrogen-bond acceptors (Lipinski definition) is 4. The van der Waals surface area contributed by atoms with Gasteiger partial charge in [-0.15, -0.1) is 3.89 Å². The van der Waals surface area contributed by atoms with Crippen LogP contribution in [0, 0.1) is 5.92 Å². The highest BCUT2D eigenvalue weighted by Gasteiger charge is 2.28. The van der Waals surface area contributed by atoms with Crippen molar-refractivity contribution in [3.05, 3.63) is 29.8 Å². The summed E-state index contributed by atoms with van der Waals surface area (Å²) in [5, 5.41) is 0. The molecule has 1 aromatic rings. The molecular weight excluding hydrogens is 374 g/mol. The topological polar surface area (TPSA) is 35.5 Å². The smallest absolute Gasteiger partial charge is 0.323 e. The van der Waals surface area contributed by atoms with Crippen molar-refractivity contribution in [2.75, 3.05) is 6.61 Å². The molecule has 0 unspecified atom stereocenters. The average Bonchev–Trinajstić information content (AvgIpc) is 2.49. The van der Waals surface area contributed by atoms with E-state index in [4.69, 9.17) is 4.74 Å². The molecule has 1 saturated carbocycles. The van der Waals surface area contributed by atoms with Gasteiger partial charge >= 0.3 is 5.97 Å². The maximum absolute atomic E-state index is 11.9. The SMILES string of the molecule is CCOc1ccc(C2CCC(C(=O)OSF)CC2)cc1.[F-].[F-].[F-].[F-].[F-]. The van der Waals surface area contributed by atoms with Gasteiger partial charge in [0.05, 0.1) is 12.5 Å². The molecule has 1 aliphatic carbocycles. The second-order valence-corrected chi connectivity index (χ2v) is 5.31. The number of carbonyl (C=O) groups excluding carboxylic acids is 1. The molecule has 0 aliphatic heterocycles. The van der Waals surface area contributed by atoms with Gasteiger partial charge in [0.2, 0.25) is 0 Å². The third-order valence-corrected chi connectivity index (χ3v) is 4.06. The Morgan fingerprint density at radius 2 is 1.56 bits per heavy atom. The predicted molar refractivity (Wildman–Crippen MR) is 77.1 cm³/mol. The van der Waals surface area contributed by atoms with Gasteiger partial charge in [-0.25, -0.2) is 0 Å². The lowest BCUT2D eigenvalue weighted by atomic mass is 9.79. The zero-order valence-corrected chi connectivity index (χ0v) is 14.2. The lowest BCUT2D eigenvalue weighted by molar-refractivity contribution is -0.138. The standard InChI is InChI=1S/C15H19FO3S.5FH/c1-2-18-14-9-7-12(8-10-14)11-3-5-13(6-4-11)15(17)19-20-16;;;;;/h7-11,13H,2-6H2,1H3;5*1H/p-5. The minimum absolute atomic E-state index is 0. The van der Waals surface area contributed by atoms with Crippen molar-refractivity contribution >= 4 is 18.4 Å². The zero-order chi connectivity index (χ0) is 14.4. The van der Waals surface area contributed by atoms with E-state index in [0.717, 1.165) is 31.4 Å². The zero-order valence-electron chi connectivity index (χ0n) is 13.4. The minimum atomic E-state index is -0.428. The Morgan fingerprint density at radius 3 is 2.00 bits per heavy atom. The molecule has 0 amide bonds. The molecule has 0 atom stereocenters. The van der Waals surface area contributed by atoms with Crippen LogP contribution in [0.3, 0.4) is 0 Å². The molecule has 0 aromatic heterocycles. The van der Waals surface area contributed by atoms with Crippen LogP contribution in [0.1, 0.15) is 44.1 Å². The predicted octanol–water partition coefficient (Wildman–Crippen LogP) is -10.5. The van der Waals surface area contributed by atoms with E-state index in [1.54, 1.807) is 0 Å². The van der Waals surface area contributed by atoms with Crippen molar-refractivity contribution in [2.45, 2.75) is 38.5 Å². The van der Waals surface area contributed by atoms with Crippen LogP contribution in [0.15, 0.2) is 24.3 Å². The van der Waals surface area contributed by atoms with Gasteiger partial charge in [-0.1, -0.05) is 12.1 Å². The molecule has 10 heteroatoms. The number of rotatable bonds is 5. The quantitative estimate of drug-likeness (QED) is 0.368. The molecule has 0 bridgehead atoms. The second kappa shape index (κ2) is 15.9. The minimum Gasteiger partial charge on any atom is -1.00 e. The van der Waals surface area contributed by atoms with E-state index in [0.29, 0.717) is 12.5 Å². The molecule has 25 heavy (non-hydrogen) atoms. The van der Waals surface area contributed by atoms with Crippen LogP contribution in [-0.2, 0) is 8.98 Å². The van der Waals surface area contributed by atoms with Gasteiger partial charge in [-0.2, -0.15) is 0 Å². The third kappa shape index (κ3) is 8.89. The third-order valence-electron chi connectivity index (χ3n) is 3.84. The molecule has 150 valence electrons. The molecule has 2 rings (SSSR count). The van der Waals surface area contributed by atoms with Gasteiger partial charge < -0.3 is 32.4 Å². The first kappa shape index (κ1) is 31.2. The lowest BCUT2D eigenvalue weighted by Crippen LogP contribution is -3.00. The summed E-state index contributed by atoms with van der Waals surface area (Å²) in [7, 11) is 0. The van der Waals surface area contributed by atoms with Crippen LogP contribution >= 0.6 is 12.4 Å². The first-order valence-electron chi connectivity index (χ1n) is 6.96. The molecule has 1 aliphatic rings. The van der Waals surface area contributed by atoms with Crippen LogP contribution in [-0.4, -0.2) is 12.6 Å². The molecule has 3 nitrogen and oxygen atoms in total. The van der Waals surface area contributed by atoms with Gasteiger partial charge in [0.25, 0.3) is 12.4 Å². The summed E-state index contributed by atoms with van der Waals surface area (Å²) < 4.78 is 21.7. The van der Waals surface area contributed by atoms with E-state index in [1.807, 2.05) is 19.1 Å². The summed E-state index contributed by atoms with van der Waals surface area (Å²) in [5.74, 6) is 0.765. The number of carbonyl (C=O) groups is 1. The van der Waals surface area contributed by atoms with Gasteiger partial charge in [0, 0.05) is 0 Å². The van der Waals surface area contributed by atoms with E-state index in [9.17, 15) is 8.68 Å². The Balaban J connectivity index is -0.000000441. The van der Waals surface area contributed by atoms with Crippen molar-refractivity contribution in [1.29, 1.82) is 0 Å². The Bertz CT molecular complexity index is 441. The molecule has 1 fully saturated rings. The summed E-state index contributed by atoms with van der Waals surface area (Å²) >= 11 is -0.357. The fourth-order valence-corrected chi connectivity index (χ4v) is 2.96. The summed E-state index contributed by atoms with van der Waals surface area (Å²) in [6.07, 6.45) is 3.39. The molecule has 0 spiro atoms. The monoisotopic (exact) mass is 393 g/mol. The molecule has 0 saturated heterocycles. The Morgan fingerprint density at radius 1 is 1.04 bits per heavy atom. The lowest BCUT2D eigenvalue weighted by Gasteiger charge is -2.27. The van der Waals surface area contributed by atoms with Gasteiger partial charge in [0.15, 0.2) is 0 Å². The maximum Gasteiger partial charge on any atom is 0.323 e. The van der Waals surface area contributed by atoms with Crippen LogP contribution in [0.5, 0.6) is 5.75 Å². The number of benzene rings is 1. The van der Waals surface area contributed by atoms with Crippen LogP contribution in [0.25, 0.3) is 0 Å². The van der Waals surface area contributed by atoms with E-state index in [-0.39, 0.29) is 41.9 Å². The van der Waals surface area contributed by atoms with Gasteiger partial charge in [-0.3, -0.25) is 4.79 Å². The summed E-state index contributed by atoms with van der Waals surface area (Å²) in [5.41, 5.74) is 1.28. The Kier molecular flexibility index (Phi) is 19.9. The molecule has 1 aromatic carbocycles. The fourth-order valence-electron chi connectivity index (χ4n) is 2.76. The van der Waals surface area contributed by atoms with Crippen molar-refractivity contribution in [3.8, 4) is 5.75 Å². The second-order valence-electron chi connectivity index (χ2n) is 5.02. The first-order valence-corrected chi connectivity index (χ1v) is 7.60. The largest absolute Gasteiger partial charge is 1.00 e. The van der Waals surface area contributed by atoms with Crippen molar-refractivity contribution in [2.24, 2.45) is 5.92 Å². The highest BCUT2D eigenvalue weighted by Crippen LogP contribution is 2.37. The van der Waals surface area contributed by atoms with Crippen LogP contribution < -0.4 is 28.3 Å². The maximum atomic E-state index is 11.9. The van der Waals surface area contributed by atoms with E-state index in [1.165, 1.54) is 5.56 Å². The van der Waals surface area contributed by atoms with E-state index >= 15 is 0 Å². The molecule has 0 radical (unpaired) electrons. The molecule has 0 N–H and O–H groups in total. The Labute approximate surface area is 147 Å². The number of hydrogen-bond donors (Lipinski definition) is 0. The molecular formula is C15H19F6O3S-5. The van der Waals surface area contributed by atoms with Crippen molar-refractivity contribution in [1.82, 2.24) is 0 Å². The first-order chi connectivity index (χ1) is 9.74. The van der Waals surface area contributed by atoms with Crippen molar-refractivity contribution < 1.29 is 41.1 Å². The number of halogens is 6. The average molecular weight is 393 g/mol. The summed E-state index contributed by atoms with van der Waals surface area (Å²) in [4.78, 5) is 11.5. The highest BCUT2D eigenvalue weighted by atomic mass is 32.2. The Hall–Kier alpha value is -1.58. The number of ether oxygens (including phenoxy) is 1. The van der Waals surface area contributed by atoms with Gasteiger partial charge in [-0.05, 0) is 56.2 Å².